The molecule has 6 nitrogen and oxygen atoms in total. The zero-order valence-corrected chi connectivity index (χ0v) is 16.3. The molecule has 0 bridgehead atoms. The molecule has 1 aromatic carbocycles. The maximum Gasteiger partial charge on any atom is 0.390 e. The van der Waals surface area contributed by atoms with Crippen molar-refractivity contribution in [1.82, 2.24) is 9.55 Å². The molecule has 0 aliphatic heterocycles. The van der Waals surface area contributed by atoms with Crippen molar-refractivity contribution in [3.63, 3.8) is 0 Å². The lowest BCUT2D eigenvalue weighted by Crippen LogP contribution is -2.11. The zero-order valence-electron chi connectivity index (χ0n) is 15.6. The maximum absolute atomic E-state index is 11.8. The van der Waals surface area contributed by atoms with E-state index in [9.17, 15) is 18.0 Å². The van der Waals surface area contributed by atoms with E-state index in [1.165, 1.54) is 11.1 Å². The van der Waals surface area contributed by atoms with Crippen LogP contribution in [0.2, 0.25) is 5.15 Å². The Balaban J connectivity index is 0. The molecule has 2 N–H and O–H groups in total. The lowest BCUT2D eigenvalue weighted by molar-refractivity contribution is -0.136. The number of imidazole rings is 1. The van der Waals surface area contributed by atoms with Gasteiger partial charge >= 0.3 is 6.18 Å². The summed E-state index contributed by atoms with van der Waals surface area (Å²) < 4.78 is 36.5. The number of aryl methyl sites for hydroxylation is 3. The van der Waals surface area contributed by atoms with Gasteiger partial charge in [0, 0.05) is 6.54 Å². The second-order valence-electron chi connectivity index (χ2n) is 5.08. The molecule has 1 amide bonds. The van der Waals surface area contributed by atoms with Gasteiger partial charge in [-0.3, -0.25) is 9.59 Å². The van der Waals surface area contributed by atoms with Gasteiger partial charge in [0.05, 0.1) is 12.7 Å². The molecule has 2 aromatic rings. The fraction of sp³-hybridized carbons (Fsp3) is 0.333. The Hall–Kier alpha value is -2.68. The van der Waals surface area contributed by atoms with Crippen LogP contribution in [0.3, 0.4) is 0 Å². The molecule has 156 valence electrons. The number of amides is 1. The highest BCUT2D eigenvalue weighted by atomic mass is 35.5. The Bertz CT molecular complexity index is 707. The first-order valence-electron chi connectivity index (χ1n) is 7.90. The number of aldehydes is 1. The topological polar surface area (TPSA) is 95.1 Å². The standard InChI is InChI=1S/C9H12.C7H6ClF3N2O.CH3NO.CH2O/c1-3-9-6-4-5-8(2)7-9;8-6-5(3-14)12-4-13(6)2-1-7(9,10)11;2-1-3;1-2/h4-7H,3H2,1-2H3;3-4H,1-2H2;1H,(H2,2,3);1H2. The van der Waals surface area contributed by atoms with Gasteiger partial charge in [-0.15, -0.1) is 0 Å². The highest BCUT2D eigenvalue weighted by Gasteiger charge is 2.27. The van der Waals surface area contributed by atoms with E-state index in [0.717, 1.165) is 17.3 Å². The molecule has 0 atom stereocenters. The van der Waals surface area contributed by atoms with Gasteiger partial charge in [-0.05, 0) is 18.9 Å². The van der Waals surface area contributed by atoms with Crippen molar-refractivity contribution >= 4 is 31.1 Å². The molecule has 0 saturated carbocycles. The van der Waals surface area contributed by atoms with Crippen LogP contribution < -0.4 is 5.73 Å². The third kappa shape index (κ3) is 12.6. The molecule has 0 saturated heterocycles. The Kier molecular flexibility index (Phi) is 15.1. The molecule has 0 unspecified atom stereocenters. The lowest BCUT2D eigenvalue weighted by atomic mass is 10.1. The van der Waals surface area contributed by atoms with Crippen molar-refractivity contribution in [2.24, 2.45) is 5.73 Å². The van der Waals surface area contributed by atoms with E-state index in [1.807, 2.05) is 6.79 Å². The van der Waals surface area contributed by atoms with Crippen LogP contribution in [-0.4, -0.2) is 35.2 Å². The third-order valence-electron chi connectivity index (χ3n) is 3.04. The van der Waals surface area contributed by atoms with Crippen LogP contribution in [-0.2, 0) is 22.6 Å². The Morgan fingerprint density at radius 2 is 1.86 bits per heavy atom. The van der Waals surface area contributed by atoms with Crippen molar-refractivity contribution < 1.29 is 27.6 Å². The summed E-state index contributed by atoms with van der Waals surface area (Å²) >= 11 is 5.56. The Labute approximate surface area is 166 Å². The molecule has 1 aromatic heterocycles. The predicted octanol–water partition coefficient (Wildman–Crippen LogP) is 3.78. The van der Waals surface area contributed by atoms with E-state index >= 15 is 0 Å². The average molecular weight is 422 g/mol. The van der Waals surface area contributed by atoms with Gasteiger partial charge in [-0.25, -0.2) is 4.98 Å². The summed E-state index contributed by atoms with van der Waals surface area (Å²) in [5, 5.41) is -0.0655. The van der Waals surface area contributed by atoms with Gasteiger partial charge in [0.25, 0.3) is 0 Å². The second kappa shape index (κ2) is 15.4. The van der Waals surface area contributed by atoms with E-state index in [-0.39, 0.29) is 23.8 Å². The molecular weight excluding hydrogens is 399 g/mol. The van der Waals surface area contributed by atoms with E-state index in [0.29, 0.717) is 6.29 Å². The molecule has 28 heavy (non-hydrogen) atoms. The van der Waals surface area contributed by atoms with Gasteiger partial charge in [0.1, 0.15) is 17.6 Å². The van der Waals surface area contributed by atoms with Gasteiger partial charge < -0.3 is 15.1 Å². The minimum atomic E-state index is -4.24. The number of benzene rings is 1. The normalized spacial score (nSPS) is 9.50. The van der Waals surface area contributed by atoms with Crippen molar-refractivity contribution in [1.29, 1.82) is 0 Å². The molecule has 0 aliphatic rings. The fourth-order valence-electron chi connectivity index (χ4n) is 1.80. The molecule has 10 heteroatoms. The monoisotopic (exact) mass is 421 g/mol. The number of carbonyl (C=O) groups excluding carboxylic acids is 3. The highest BCUT2D eigenvalue weighted by molar-refractivity contribution is 6.31. The smallest absolute Gasteiger partial charge is 0.372 e. The minimum Gasteiger partial charge on any atom is -0.372 e. The molecule has 0 fully saturated rings. The largest absolute Gasteiger partial charge is 0.390 e. The molecule has 0 aliphatic carbocycles. The SMILES string of the molecule is C=O.CCc1cccc(C)c1.NC=O.O=Cc1ncn(CCC(F)(F)F)c1Cl. The van der Waals surface area contributed by atoms with E-state index in [1.54, 1.807) is 0 Å². The highest BCUT2D eigenvalue weighted by Crippen LogP contribution is 2.22. The summed E-state index contributed by atoms with van der Waals surface area (Å²) in [4.78, 5) is 30.4. The number of primary amides is 1. The quantitative estimate of drug-likeness (QED) is 0.760. The van der Waals surface area contributed by atoms with Gasteiger partial charge in [0.15, 0.2) is 6.29 Å². The summed E-state index contributed by atoms with van der Waals surface area (Å²) in [6.07, 6.45) is -2.35. The van der Waals surface area contributed by atoms with E-state index < -0.39 is 12.6 Å². The Morgan fingerprint density at radius 1 is 1.29 bits per heavy atom. The predicted molar refractivity (Wildman–Crippen MR) is 101 cm³/mol. The zero-order chi connectivity index (χ0) is 22.2. The number of nitrogens with two attached hydrogens (primary N) is 1. The number of nitrogens with zero attached hydrogens (tertiary/aromatic N) is 2. The van der Waals surface area contributed by atoms with Crippen LogP contribution in [0.4, 0.5) is 13.2 Å². The van der Waals surface area contributed by atoms with Crippen LogP contribution in [0, 0.1) is 6.92 Å². The number of alkyl halides is 3. The molecule has 2 rings (SSSR count). The van der Waals surface area contributed by atoms with Crippen LogP contribution in [0.15, 0.2) is 30.6 Å². The summed E-state index contributed by atoms with van der Waals surface area (Å²) in [5.41, 5.74) is 6.90. The van der Waals surface area contributed by atoms with Crippen molar-refractivity contribution in [3.05, 3.63) is 52.6 Å². The first-order chi connectivity index (χ1) is 13.2. The summed E-state index contributed by atoms with van der Waals surface area (Å²) in [7, 11) is 0. The van der Waals surface area contributed by atoms with Crippen molar-refractivity contribution in [3.8, 4) is 0 Å². The van der Waals surface area contributed by atoms with Gasteiger partial charge in [-0.1, -0.05) is 48.4 Å². The number of rotatable bonds is 4. The minimum absolute atomic E-state index is 0.0474. The number of hydrogen-bond donors (Lipinski definition) is 1. The summed E-state index contributed by atoms with van der Waals surface area (Å²) in [6.45, 7) is 5.97. The van der Waals surface area contributed by atoms with E-state index in [4.69, 9.17) is 21.2 Å². The first-order valence-corrected chi connectivity index (χ1v) is 8.28. The molecular formula is C18H23ClF3N3O3. The van der Waals surface area contributed by atoms with Crippen molar-refractivity contribution in [2.45, 2.75) is 39.4 Å². The van der Waals surface area contributed by atoms with Crippen LogP contribution in [0.1, 0.15) is 35.0 Å². The fourth-order valence-corrected chi connectivity index (χ4v) is 2.02. The van der Waals surface area contributed by atoms with Crippen LogP contribution in [0.5, 0.6) is 0 Å². The number of halogens is 4. The second-order valence-corrected chi connectivity index (χ2v) is 5.43. The number of carbonyl (C=O) groups is 3. The summed E-state index contributed by atoms with van der Waals surface area (Å²) in [6, 6.07) is 8.61. The lowest BCUT2D eigenvalue weighted by Gasteiger charge is -2.06. The van der Waals surface area contributed by atoms with Crippen LogP contribution >= 0.6 is 11.6 Å². The third-order valence-corrected chi connectivity index (χ3v) is 3.45. The summed E-state index contributed by atoms with van der Waals surface area (Å²) in [5.74, 6) is 0. The molecule has 0 radical (unpaired) electrons. The maximum atomic E-state index is 11.8. The molecule has 0 spiro atoms. The van der Waals surface area contributed by atoms with Crippen molar-refractivity contribution in [2.75, 3.05) is 0 Å². The van der Waals surface area contributed by atoms with E-state index in [2.05, 4.69) is 48.8 Å². The Morgan fingerprint density at radius 3 is 2.21 bits per heavy atom. The molecule has 1 heterocycles. The van der Waals surface area contributed by atoms with Crippen LogP contribution in [0.25, 0.3) is 0 Å². The van der Waals surface area contributed by atoms with Gasteiger partial charge in [-0.2, -0.15) is 13.2 Å². The number of hydrogen-bond acceptors (Lipinski definition) is 4. The average Bonchev–Trinajstić information content (AvgIpc) is 3.02. The number of aromatic nitrogens is 2. The van der Waals surface area contributed by atoms with Gasteiger partial charge in [0.2, 0.25) is 6.41 Å². The first kappa shape index (κ1) is 27.5.